The first-order chi connectivity index (χ1) is 8.65. The van der Waals surface area contributed by atoms with Crippen LogP contribution in [0.2, 0.25) is 0 Å². The normalized spacial score (nSPS) is 10.1. The molecule has 1 rings (SSSR count). The van der Waals surface area contributed by atoms with Gasteiger partial charge in [-0.05, 0) is 24.6 Å². The molecule has 0 saturated carbocycles. The third-order valence-corrected chi connectivity index (χ3v) is 2.20. The van der Waals surface area contributed by atoms with Gasteiger partial charge in [-0.15, -0.1) is 6.58 Å². The first-order valence-electron chi connectivity index (χ1n) is 5.60. The smallest absolute Gasteiger partial charge is 0.255 e. The maximum atomic E-state index is 12.9. The van der Waals surface area contributed by atoms with E-state index >= 15 is 0 Å². The summed E-state index contributed by atoms with van der Waals surface area (Å²) in [4.78, 5) is 11.6. The van der Waals surface area contributed by atoms with Crippen molar-refractivity contribution >= 4 is 5.91 Å². The second kappa shape index (κ2) is 7.45. The topological polar surface area (TPSA) is 58.6 Å². The number of carbonyl (C=O) groups is 1. The highest BCUT2D eigenvalue weighted by Gasteiger charge is 2.11. The Labute approximate surface area is 105 Å². The summed E-state index contributed by atoms with van der Waals surface area (Å²) in [6, 6.07) is 3.22. The highest BCUT2D eigenvalue weighted by molar-refractivity contribution is 5.96. The van der Waals surface area contributed by atoms with Crippen molar-refractivity contribution in [3.63, 3.8) is 0 Å². The van der Waals surface area contributed by atoms with Gasteiger partial charge in [0.25, 0.3) is 5.91 Å². The highest BCUT2D eigenvalue weighted by Crippen LogP contribution is 2.17. The van der Waals surface area contributed by atoms with Crippen LogP contribution in [0.5, 0.6) is 5.75 Å². The molecule has 0 saturated heterocycles. The van der Waals surface area contributed by atoms with Gasteiger partial charge in [0, 0.05) is 6.54 Å². The predicted octanol–water partition coefficient (Wildman–Crippen LogP) is 1.85. The third-order valence-electron chi connectivity index (χ3n) is 2.20. The van der Waals surface area contributed by atoms with E-state index < -0.39 is 11.7 Å². The molecule has 0 unspecified atom stereocenters. The maximum absolute atomic E-state index is 12.9. The Morgan fingerprint density at radius 3 is 3.00 bits per heavy atom. The number of nitrogens with one attached hydrogen (secondary N) is 1. The van der Waals surface area contributed by atoms with E-state index in [1.807, 2.05) is 0 Å². The fourth-order valence-corrected chi connectivity index (χ4v) is 1.29. The number of aromatic hydroxyl groups is 1. The number of hydrogen-bond acceptors (Lipinski definition) is 3. The second-order valence-electron chi connectivity index (χ2n) is 3.61. The van der Waals surface area contributed by atoms with Gasteiger partial charge in [-0.3, -0.25) is 4.79 Å². The Hall–Kier alpha value is -1.88. The summed E-state index contributed by atoms with van der Waals surface area (Å²) in [5, 5.41) is 11.9. The van der Waals surface area contributed by atoms with Gasteiger partial charge in [-0.25, -0.2) is 4.39 Å². The zero-order chi connectivity index (χ0) is 13.4. The lowest BCUT2D eigenvalue weighted by atomic mass is 10.2. The van der Waals surface area contributed by atoms with Gasteiger partial charge < -0.3 is 15.2 Å². The number of halogens is 1. The van der Waals surface area contributed by atoms with E-state index in [4.69, 9.17) is 4.74 Å². The van der Waals surface area contributed by atoms with Crippen molar-refractivity contribution in [1.82, 2.24) is 5.32 Å². The average Bonchev–Trinajstić information content (AvgIpc) is 2.36. The van der Waals surface area contributed by atoms with Gasteiger partial charge in [0.15, 0.2) is 0 Å². The molecule has 98 valence electrons. The van der Waals surface area contributed by atoms with Crippen LogP contribution in [0.25, 0.3) is 0 Å². The molecular formula is C13H16FNO3. The van der Waals surface area contributed by atoms with Crippen molar-refractivity contribution in [2.45, 2.75) is 6.42 Å². The van der Waals surface area contributed by atoms with Gasteiger partial charge in [-0.2, -0.15) is 0 Å². The molecule has 0 atom stereocenters. The minimum absolute atomic E-state index is 0.0823. The number of hydrogen-bond donors (Lipinski definition) is 2. The van der Waals surface area contributed by atoms with Gasteiger partial charge >= 0.3 is 0 Å². The SMILES string of the molecule is C=CCCOCCNC(=O)c1cc(F)ccc1O. The zero-order valence-corrected chi connectivity index (χ0v) is 9.99. The monoisotopic (exact) mass is 253 g/mol. The van der Waals surface area contributed by atoms with Crippen molar-refractivity contribution in [2.75, 3.05) is 19.8 Å². The average molecular weight is 253 g/mol. The number of phenolic OH excluding ortho intramolecular Hbond substituents is 1. The van der Waals surface area contributed by atoms with Crippen molar-refractivity contribution in [1.29, 1.82) is 0 Å². The van der Waals surface area contributed by atoms with Crippen LogP contribution < -0.4 is 5.32 Å². The molecule has 0 aromatic heterocycles. The van der Waals surface area contributed by atoms with Gasteiger partial charge in [0.2, 0.25) is 0 Å². The van der Waals surface area contributed by atoms with E-state index in [-0.39, 0.29) is 11.3 Å². The summed E-state index contributed by atoms with van der Waals surface area (Å²) in [6.07, 6.45) is 2.49. The summed E-state index contributed by atoms with van der Waals surface area (Å²) in [5.74, 6) is -1.35. The number of rotatable bonds is 7. The number of amides is 1. The summed E-state index contributed by atoms with van der Waals surface area (Å²) < 4.78 is 18.1. The number of phenols is 1. The number of benzene rings is 1. The van der Waals surface area contributed by atoms with Gasteiger partial charge in [-0.1, -0.05) is 6.08 Å². The fraction of sp³-hybridized carbons (Fsp3) is 0.308. The predicted molar refractivity (Wildman–Crippen MR) is 66.0 cm³/mol. The van der Waals surface area contributed by atoms with E-state index in [2.05, 4.69) is 11.9 Å². The van der Waals surface area contributed by atoms with Crippen molar-refractivity contribution in [3.8, 4) is 5.75 Å². The van der Waals surface area contributed by atoms with Crippen LogP contribution in [0.3, 0.4) is 0 Å². The molecule has 4 nitrogen and oxygen atoms in total. The molecule has 0 aliphatic heterocycles. The lowest BCUT2D eigenvalue weighted by molar-refractivity contribution is 0.0915. The van der Waals surface area contributed by atoms with Crippen LogP contribution in [0.15, 0.2) is 30.9 Å². The molecule has 18 heavy (non-hydrogen) atoms. The lowest BCUT2D eigenvalue weighted by Gasteiger charge is -2.07. The first kappa shape index (κ1) is 14.2. The summed E-state index contributed by atoms with van der Waals surface area (Å²) >= 11 is 0. The molecule has 0 fully saturated rings. The molecule has 5 heteroatoms. The summed E-state index contributed by atoms with van der Waals surface area (Å²) in [7, 11) is 0. The minimum atomic E-state index is -0.569. The molecule has 0 radical (unpaired) electrons. The second-order valence-corrected chi connectivity index (χ2v) is 3.61. The van der Waals surface area contributed by atoms with Gasteiger partial charge in [0.1, 0.15) is 11.6 Å². The fourth-order valence-electron chi connectivity index (χ4n) is 1.29. The molecule has 2 N–H and O–H groups in total. The third kappa shape index (κ3) is 4.55. The molecule has 0 heterocycles. The van der Waals surface area contributed by atoms with Crippen LogP contribution in [-0.2, 0) is 4.74 Å². The van der Waals surface area contributed by atoms with Crippen LogP contribution in [0.4, 0.5) is 4.39 Å². The molecule has 1 aromatic rings. The van der Waals surface area contributed by atoms with E-state index in [9.17, 15) is 14.3 Å². The lowest BCUT2D eigenvalue weighted by Crippen LogP contribution is -2.27. The van der Waals surface area contributed by atoms with E-state index in [1.54, 1.807) is 6.08 Å². The quantitative estimate of drug-likeness (QED) is 0.576. The first-order valence-corrected chi connectivity index (χ1v) is 5.60. The molecule has 0 aliphatic rings. The molecule has 1 amide bonds. The molecule has 0 aliphatic carbocycles. The van der Waals surface area contributed by atoms with Gasteiger partial charge in [0.05, 0.1) is 18.8 Å². The maximum Gasteiger partial charge on any atom is 0.255 e. The largest absolute Gasteiger partial charge is 0.507 e. The number of ether oxygens (including phenoxy) is 1. The molecular weight excluding hydrogens is 237 g/mol. The van der Waals surface area contributed by atoms with Crippen molar-refractivity contribution in [2.24, 2.45) is 0 Å². The van der Waals surface area contributed by atoms with Crippen LogP contribution in [0, 0.1) is 5.82 Å². The van der Waals surface area contributed by atoms with Crippen LogP contribution in [0.1, 0.15) is 16.8 Å². The molecule has 0 bridgehead atoms. The van der Waals surface area contributed by atoms with Crippen LogP contribution in [-0.4, -0.2) is 30.8 Å². The molecule has 0 spiro atoms. The van der Waals surface area contributed by atoms with E-state index in [0.29, 0.717) is 19.8 Å². The Kier molecular flexibility index (Phi) is 5.87. The summed E-state index contributed by atoms with van der Waals surface area (Å²) in [5.41, 5.74) is -0.0823. The highest BCUT2D eigenvalue weighted by atomic mass is 19.1. The number of carbonyl (C=O) groups excluding carboxylic acids is 1. The van der Waals surface area contributed by atoms with E-state index in [1.165, 1.54) is 0 Å². The zero-order valence-electron chi connectivity index (χ0n) is 9.99. The minimum Gasteiger partial charge on any atom is -0.507 e. The van der Waals surface area contributed by atoms with Crippen molar-refractivity contribution < 1.29 is 19.0 Å². The standard InChI is InChI=1S/C13H16FNO3/c1-2-3-7-18-8-6-15-13(17)11-9-10(14)4-5-12(11)16/h2,4-5,9,16H,1,3,6-8H2,(H,15,17). The molecule has 1 aromatic carbocycles. The summed E-state index contributed by atoms with van der Waals surface area (Å²) in [6.45, 7) is 4.75. The van der Waals surface area contributed by atoms with Crippen LogP contribution >= 0.6 is 0 Å². The Balaban J connectivity index is 2.36. The Bertz CT molecular complexity index is 421. The Morgan fingerprint density at radius 1 is 1.50 bits per heavy atom. The van der Waals surface area contributed by atoms with E-state index in [0.717, 1.165) is 24.6 Å². The Morgan fingerprint density at radius 2 is 2.28 bits per heavy atom. The van der Waals surface area contributed by atoms with Crippen molar-refractivity contribution in [3.05, 3.63) is 42.2 Å².